The Morgan fingerprint density at radius 2 is 1.70 bits per heavy atom. The molecule has 0 spiro atoms. The molecule has 0 radical (unpaired) electrons. The summed E-state index contributed by atoms with van der Waals surface area (Å²) in [6.45, 7) is 4.94. The van der Waals surface area contributed by atoms with E-state index in [4.69, 9.17) is 5.73 Å². The Labute approximate surface area is 266 Å². The highest BCUT2D eigenvalue weighted by Crippen LogP contribution is 2.41. The molecule has 13 heteroatoms. The van der Waals surface area contributed by atoms with Crippen LogP contribution in [0.2, 0.25) is 0 Å². The summed E-state index contributed by atoms with van der Waals surface area (Å²) in [5.74, 6) is -4.79. The second-order valence-electron chi connectivity index (χ2n) is 12.1. The lowest BCUT2D eigenvalue weighted by atomic mass is 9.82. The highest BCUT2D eigenvalue weighted by atomic mass is 19.1. The minimum atomic E-state index is -1.47. The molecule has 46 heavy (non-hydrogen) atoms. The molecule has 0 aliphatic carbocycles. The molecule has 0 aliphatic heterocycles. The number of nitrogens with zero attached hydrogens (tertiary/aromatic N) is 2. The summed E-state index contributed by atoms with van der Waals surface area (Å²) < 4.78 is 31.0. The van der Waals surface area contributed by atoms with E-state index in [-0.39, 0.29) is 18.5 Å². The number of carboxylic acid groups (broad SMARTS) is 1. The van der Waals surface area contributed by atoms with Crippen LogP contribution in [0.4, 0.5) is 8.78 Å². The molecule has 3 amide bonds. The van der Waals surface area contributed by atoms with Gasteiger partial charge in [-0.3, -0.25) is 24.5 Å². The fraction of sp³-hybridized carbons (Fsp3) is 0.394. The monoisotopic (exact) mass is 641 g/mol. The van der Waals surface area contributed by atoms with E-state index in [1.165, 1.54) is 11.9 Å². The van der Waals surface area contributed by atoms with Gasteiger partial charge in [-0.15, -0.1) is 0 Å². The topological polar surface area (TPSA) is 167 Å². The summed E-state index contributed by atoms with van der Waals surface area (Å²) in [6.07, 6.45) is 1.00. The molecule has 0 bridgehead atoms. The van der Waals surface area contributed by atoms with Crippen LogP contribution in [0.15, 0.2) is 60.8 Å². The molecule has 3 rings (SSSR count). The number of hydrogen-bond donors (Lipinski definition) is 5. The number of primary amides is 1. The zero-order chi connectivity index (χ0) is 34.2. The average molecular weight is 642 g/mol. The van der Waals surface area contributed by atoms with Gasteiger partial charge in [0.15, 0.2) is 0 Å². The first-order chi connectivity index (χ1) is 21.7. The lowest BCUT2D eigenvalue weighted by Gasteiger charge is -2.41. The van der Waals surface area contributed by atoms with Crippen molar-refractivity contribution in [2.75, 3.05) is 20.2 Å². The van der Waals surface area contributed by atoms with Crippen molar-refractivity contribution in [1.82, 2.24) is 20.1 Å². The highest BCUT2D eigenvalue weighted by molar-refractivity contribution is 5.86. The fourth-order valence-corrected chi connectivity index (χ4v) is 5.49. The van der Waals surface area contributed by atoms with Gasteiger partial charge in [0.2, 0.25) is 17.7 Å². The molecule has 0 aliphatic rings. The van der Waals surface area contributed by atoms with Gasteiger partial charge >= 0.3 is 5.97 Å². The smallest absolute Gasteiger partial charge is 0.321 e. The Morgan fingerprint density at radius 3 is 2.26 bits per heavy atom. The maximum Gasteiger partial charge on any atom is 0.321 e. The molecule has 3 atom stereocenters. The molecule has 0 fully saturated rings. The van der Waals surface area contributed by atoms with Crippen LogP contribution in [0.5, 0.6) is 0 Å². The minimum absolute atomic E-state index is 0.0267. The summed E-state index contributed by atoms with van der Waals surface area (Å²) in [4.78, 5) is 50.9. The fourth-order valence-electron chi connectivity index (χ4n) is 5.49. The van der Waals surface area contributed by atoms with Crippen molar-refractivity contribution in [2.24, 2.45) is 11.1 Å². The van der Waals surface area contributed by atoms with Gasteiger partial charge in [0, 0.05) is 43.2 Å². The number of carbonyl (C=O) groups is 4. The number of nitrogens with two attached hydrogens (primary N) is 1. The second kappa shape index (κ2) is 15.6. The molecular weight excluding hydrogens is 600 g/mol. The Morgan fingerprint density at radius 1 is 1.02 bits per heavy atom. The number of rotatable bonds is 15. The molecular formula is C33H41F2N5O6. The summed E-state index contributed by atoms with van der Waals surface area (Å²) >= 11 is 0. The minimum Gasteiger partial charge on any atom is -0.480 e. The first-order valence-electron chi connectivity index (χ1n) is 14.7. The Bertz CT molecular complexity index is 1540. The van der Waals surface area contributed by atoms with Crippen molar-refractivity contribution in [3.05, 3.63) is 83.7 Å². The normalized spacial score (nSPS) is 13.5. The maximum atomic E-state index is 15.0. The number of benzene rings is 2. The van der Waals surface area contributed by atoms with Gasteiger partial charge in [0.05, 0.1) is 18.5 Å². The van der Waals surface area contributed by atoms with Gasteiger partial charge in [0.25, 0.3) is 0 Å². The number of nitrogens with one attached hydrogen (secondary N) is 2. The number of aromatic nitrogens is 1. The maximum absolute atomic E-state index is 15.0. The second-order valence-corrected chi connectivity index (χ2v) is 12.1. The van der Waals surface area contributed by atoms with E-state index in [2.05, 4.69) is 10.6 Å². The number of aliphatic hydroxyl groups is 1. The summed E-state index contributed by atoms with van der Waals surface area (Å²) in [5, 5.41) is 24.8. The molecule has 248 valence electrons. The predicted molar refractivity (Wildman–Crippen MR) is 167 cm³/mol. The summed E-state index contributed by atoms with van der Waals surface area (Å²) in [5.41, 5.74) is 6.35. The molecule has 11 nitrogen and oxygen atoms in total. The lowest BCUT2D eigenvalue weighted by Crippen LogP contribution is -2.53. The number of carboxylic acids is 1. The first-order valence-corrected chi connectivity index (χ1v) is 14.7. The van der Waals surface area contributed by atoms with Gasteiger partial charge in [-0.25, -0.2) is 8.78 Å². The lowest BCUT2D eigenvalue weighted by molar-refractivity contribution is -0.142. The van der Waals surface area contributed by atoms with Crippen molar-refractivity contribution in [3.63, 3.8) is 0 Å². The van der Waals surface area contributed by atoms with E-state index in [0.717, 1.165) is 23.8 Å². The highest BCUT2D eigenvalue weighted by Gasteiger charge is 2.38. The van der Waals surface area contributed by atoms with Gasteiger partial charge in [-0.05, 0) is 41.7 Å². The number of likely N-dealkylation sites (N-methyl/N-ethyl adjacent to an activating group) is 1. The van der Waals surface area contributed by atoms with Crippen molar-refractivity contribution in [2.45, 2.75) is 58.3 Å². The average Bonchev–Trinajstić information content (AvgIpc) is 3.39. The molecule has 3 aromatic rings. The van der Waals surface area contributed by atoms with Crippen LogP contribution in [0.25, 0.3) is 11.1 Å². The Hall–Kier alpha value is -4.62. The summed E-state index contributed by atoms with van der Waals surface area (Å²) in [6, 6.07) is 10.8. The van der Waals surface area contributed by atoms with Crippen molar-refractivity contribution < 1.29 is 38.2 Å². The zero-order valence-corrected chi connectivity index (χ0v) is 26.3. The Balaban J connectivity index is 2.13. The quantitative estimate of drug-likeness (QED) is 0.170. The van der Waals surface area contributed by atoms with Crippen LogP contribution in [0.3, 0.4) is 0 Å². The number of amides is 3. The molecule has 0 saturated heterocycles. The van der Waals surface area contributed by atoms with E-state index in [0.29, 0.717) is 17.8 Å². The zero-order valence-electron chi connectivity index (χ0n) is 26.3. The molecule has 0 saturated carbocycles. The van der Waals surface area contributed by atoms with Gasteiger partial charge in [-0.1, -0.05) is 51.1 Å². The Kier molecular flexibility index (Phi) is 12.2. The van der Waals surface area contributed by atoms with E-state index >= 15 is 0 Å². The third-order valence-corrected chi connectivity index (χ3v) is 7.56. The predicted octanol–water partition coefficient (Wildman–Crippen LogP) is 2.81. The first kappa shape index (κ1) is 35.9. The largest absolute Gasteiger partial charge is 0.480 e. The molecule has 0 unspecified atom stereocenters. The van der Waals surface area contributed by atoms with E-state index in [1.807, 2.05) is 55.7 Å². The molecule has 6 N–H and O–H groups in total. The van der Waals surface area contributed by atoms with Crippen molar-refractivity contribution in [3.8, 4) is 11.1 Å². The van der Waals surface area contributed by atoms with Crippen LogP contribution in [-0.2, 0) is 25.7 Å². The molecule has 1 heterocycles. The SMILES string of the molecule is CNC(=O)[C@H](CCN(C(=O)CO)[C@@H](c1cc(-c2cc(F)ccc2F)cn1Cc1ccccc1)C(C)(C)C)N[C@@H](CC(N)=O)C(=O)O. The van der Waals surface area contributed by atoms with Crippen molar-refractivity contribution in [1.29, 1.82) is 0 Å². The van der Waals surface area contributed by atoms with Crippen molar-refractivity contribution >= 4 is 23.7 Å². The van der Waals surface area contributed by atoms with Gasteiger partial charge < -0.3 is 30.7 Å². The third kappa shape index (κ3) is 9.21. The van der Waals surface area contributed by atoms with Crippen LogP contribution in [-0.4, -0.2) is 75.7 Å². The standard InChI is InChI=1S/C33H41F2N5O6/c1-33(2,3)30(40(29(43)19-41)13-12-25(31(44)37-4)38-26(32(45)46)16-28(36)42)27-14-21(23-15-22(34)10-11-24(23)35)18-39(27)17-20-8-6-5-7-9-20/h5-11,14-15,18,25-26,30,38,41H,12-13,16-17,19H2,1-4H3,(H2,36,42)(H,37,44)(H,45,46)/t25-,26-,30-/m0/s1. The number of aliphatic hydroxyl groups excluding tert-OH is 1. The summed E-state index contributed by atoms with van der Waals surface area (Å²) in [7, 11) is 1.36. The number of carbonyl (C=O) groups excluding carboxylic acids is 3. The van der Waals surface area contributed by atoms with Crippen LogP contribution >= 0.6 is 0 Å². The van der Waals surface area contributed by atoms with Crippen LogP contribution in [0.1, 0.15) is 50.9 Å². The van der Waals surface area contributed by atoms with Gasteiger partial charge in [0.1, 0.15) is 24.3 Å². The third-order valence-electron chi connectivity index (χ3n) is 7.56. The van der Waals surface area contributed by atoms with E-state index in [9.17, 15) is 38.2 Å². The van der Waals surface area contributed by atoms with E-state index < -0.39 is 71.9 Å². The number of hydrogen-bond acceptors (Lipinski definition) is 6. The van der Waals surface area contributed by atoms with E-state index in [1.54, 1.807) is 12.3 Å². The number of aliphatic carboxylic acids is 1. The van der Waals surface area contributed by atoms with Gasteiger partial charge in [-0.2, -0.15) is 0 Å². The molecule has 2 aromatic carbocycles. The number of halogens is 2. The van der Waals surface area contributed by atoms with Crippen LogP contribution in [0, 0.1) is 17.0 Å². The molecule has 1 aromatic heterocycles. The van der Waals surface area contributed by atoms with Crippen LogP contribution < -0.4 is 16.4 Å².